The number of aromatic nitrogens is 1. The van der Waals surface area contributed by atoms with E-state index in [9.17, 15) is 19.8 Å². The number of thiazole rings is 1. The molecule has 0 saturated heterocycles. The Bertz CT molecular complexity index is 1140. The molecule has 7 heteroatoms. The van der Waals surface area contributed by atoms with E-state index in [-0.39, 0.29) is 29.9 Å². The normalized spacial score (nSPS) is 31.7. The third-order valence-electron chi connectivity index (χ3n) is 8.26. The number of amides is 1. The quantitative estimate of drug-likeness (QED) is 0.421. The van der Waals surface area contributed by atoms with Gasteiger partial charge in [-0.3, -0.25) is 9.59 Å². The summed E-state index contributed by atoms with van der Waals surface area (Å²) in [7, 11) is 0. The van der Waals surface area contributed by atoms with Crippen LogP contribution in [0.25, 0.3) is 0 Å². The Balaban J connectivity index is 1.40. The van der Waals surface area contributed by atoms with Crippen LogP contribution in [0.5, 0.6) is 5.75 Å². The molecule has 1 aromatic heterocycles. The molecule has 3 unspecified atom stereocenters. The fourth-order valence-electron chi connectivity index (χ4n) is 6.89. The lowest BCUT2D eigenvalue weighted by molar-refractivity contribution is -0.127. The van der Waals surface area contributed by atoms with E-state index in [1.165, 1.54) is 22.5 Å². The first kappa shape index (κ1) is 22.1. The van der Waals surface area contributed by atoms with Gasteiger partial charge < -0.3 is 15.5 Å². The van der Waals surface area contributed by atoms with Gasteiger partial charge in [-0.2, -0.15) is 0 Å². The van der Waals surface area contributed by atoms with E-state index in [2.05, 4.69) is 17.2 Å². The zero-order valence-corrected chi connectivity index (χ0v) is 19.8. The second-order valence-corrected chi connectivity index (χ2v) is 11.3. The summed E-state index contributed by atoms with van der Waals surface area (Å²) in [6, 6.07) is 5.68. The molecule has 33 heavy (non-hydrogen) atoms. The first-order valence-corrected chi connectivity index (χ1v) is 12.6. The number of Topliss-reactive ketones (excluding diaryl/α,β-unsaturated/α-hetero) is 1. The van der Waals surface area contributed by atoms with Gasteiger partial charge in [-0.05, 0) is 86.0 Å². The molecule has 174 valence electrons. The van der Waals surface area contributed by atoms with Gasteiger partial charge in [0.15, 0.2) is 10.9 Å². The fourth-order valence-corrected chi connectivity index (χ4v) is 7.57. The number of phenolic OH excluding ortho intramolecular Hbond substituents is 1. The number of aryl methyl sites for hydroxylation is 2. The average molecular weight is 467 g/mol. The summed E-state index contributed by atoms with van der Waals surface area (Å²) in [6.07, 6.45) is 7.07. The van der Waals surface area contributed by atoms with Crippen molar-refractivity contribution in [3.63, 3.8) is 0 Å². The number of ketones is 1. The second-order valence-electron chi connectivity index (χ2n) is 10.1. The van der Waals surface area contributed by atoms with Crippen LogP contribution in [0.3, 0.4) is 0 Å². The topological polar surface area (TPSA) is 99.5 Å². The van der Waals surface area contributed by atoms with Gasteiger partial charge in [-0.25, -0.2) is 4.98 Å². The van der Waals surface area contributed by atoms with E-state index < -0.39 is 5.41 Å². The van der Waals surface area contributed by atoms with Crippen LogP contribution >= 0.6 is 11.3 Å². The molecule has 0 aliphatic heterocycles. The number of carbonyl (C=O) groups is 2. The Labute approximate surface area is 197 Å². The highest BCUT2D eigenvalue weighted by Gasteiger charge is 2.60. The third-order valence-corrected chi connectivity index (χ3v) is 9.09. The summed E-state index contributed by atoms with van der Waals surface area (Å²) in [5.74, 6) is 0.852. The maximum Gasteiger partial charge on any atom is 0.226 e. The maximum absolute atomic E-state index is 13.4. The predicted molar refractivity (Wildman–Crippen MR) is 127 cm³/mol. The van der Waals surface area contributed by atoms with Gasteiger partial charge in [-0.1, -0.05) is 13.0 Å². The fraction of sp³-hybridized carbons (Fsp3) is 0.500. The number of hydrogen-bond acceptors (Lipinski definition) is 6. The number of aliphatic hydroxyl groups is 1. The monoisotopic (exact) mass is 466 g/mol. The van der Waals surface area contributed by atoms with Crippen molar-refractivity contribution in [1.29, 1.82) is 0 Å². The zero-order valence-electron chi connectivity index (χ0n) is 19.0. The van der Waals surface area contributed by atoms with Crippen molar-refractivity contribution >= 4 is 28.2 Å². The van der Waals surface area contributed by atoms with Crippen molar-refractivity contribution in [3.05, 3.63) is 52.2 Å². The van der Waals surface area contributed by atoms with Crippen molar-refractivity contribution in [1.82, 2.24) is 4.98 Å². The number of aliphatic hydroxyl groups excluding tert-OH is 1. The SMILES string of the molecule is Cc1cnc(NC(=O)CC[C@@H]2/C(=C\O)C(=O)[C@@]3(C)CCC4c5ccc(O)cc5CCC4C23)s1. The number of rotatable bonds is 4. The number of phenols is 1. The Morgan fingerprint density at radius 3 is 2.91 bits per heavy atom. The van der Waals surface area contributed by atoms with Crippen LogP contribution < -0.4 is 5.32 Å². The van der Waals surface area contributed by atoms with Gasteiger partial charge in [0.05, 0.1) is 6.26 Å². The molecule has 0 bridgehead atoms. The van der Waals surface area contributed by atoms with Gasteiger partial charge in [-0.15, -0.1) is 11.3 Å². The molecule has 3 N–H and O–H groups in total. The molecule has 2 fully saturated rings. The number of benzene rings is 1. The highest BCUT2D eigenvalue weighted by Crippen LogP contribution is 2.63. The first-order chi connectivity index (χ1) is 15.8. The largest absolute Gasteiger partial charge is 0.515 e. The second kappa shape index (κ2) is 8.28. The van der Waals surface area contributed by atoms with E-state index >= 15 is 0 Å². The molecule has 3 aliphatic carbocycles. The number of hydrogen-bond donors (Lipinski definition) is 3. The van der Waals surface area contributed by atoms with Gasteiger partial charge >= 0.3 is 0 Å². The van der Waals surface area contributed by atoms with Gasteiger partial charge in [0.25, 0.3) is 0 Å². The molecule has 5 atom stereocenters. The summed E-state index contributed by atoms with van der Waals surface area (Å²) < 4.78 is 0. The number of anilines is 1. The summed E-state index contributed by atoms with van der Waals surface area (Å²) in [6.45, 7) is 4.00. The third kappa shape index (κ3) is 3.66. The maximum atomic E-state index is 13.4. The first-order valence-electron chi connectivity index (χ1n) is 11.7. The van der Waals surface area contributed by atoms with Crippen LogP contribution in [0.4, 0.5) is 5.13 Å². The molecule has 1 amide bonds. The number of carbonyl (C=O) groups excluding carboxylic acids is 2. The van der Waals surface area contributed by atoms with Crippen LogP contribution in [0.1, 0.15) is 60.9 Å². The molecule has 2 aromatic rings. The van der Waals surface area contributed by atoms with Crippen LogP contribution in [0.15, 0.2) is 36.2 Å². The van der Waals surface area contributed by atoms with Crippen molar-refractivity contribution in [2.75, 3.05) is 5.32 Å². The van der Waals surface area contributed by atoms with Crippen molar-refractivity contribution in [2.24, 2.45) is 23.2 Å². The number of allylic oxidation sites excluding steroid dienone is 1. The van der Waals surface area contributed by atoms with Crippen LogP contribution in [-0.4, -0.2) is 26.9 Å². The molecule has 5 rings (SSSR count). The molecule has 0 spiro atoms. The Morgan fingerprint density at radius 1 is 1.36 bits per heavy atom. The molecule has 6 nitrogen and oxygen atoms in total. The van der Waals surface area contributed by atoms with Gasteiger partial charge in [0.1, 0.15) is 5.75 Å². The van der Waals surface area contributed by atoms with Crippen molar-refractivity contribution in [3.8, 4) is 5.75 Å². The molecule has 3 aliphatic rings. The lowest BCUT2D eigenvalue weighted by Gasteiger charge is -2.49. The summed E-state index contributed by atoms with van der Waals surface area (Å²) in [5.41, 5.74) is 2.47. The number of aromatic hydroxyl groups is 1. The van der Waals surface area contributed by atoms with Crippen LogP contribution in [0.2, 0.25) is 0 Å². The highest BCUT2D eigenvalue weighted by molar-refractivity contribution is 7.15. The molecular weight excluding hydrogens is 436 g/mol. The number of nitrogens with zero attached hydrogens (tertiary/aromatic N) is 1. The molecular formula is C26H30N2O4S. The minimum absolute atomic E-state index is 0.0471. The lowest BCUT2D eigenvalue weighted by atomic mass is 9.54. The van der Waals surface area contributed by atoms with Crippen LogP contribution in [0, 0.1) is 30.1 Å². The van der Waals surface area contributed by atoms with Crippen molar-refractivity contribution < 1.29 is 19.8 Å². The van der Waals surface area contributed by atoms with E-state index in [1.807, 2.05) is 19.1 Å². The minimum atomic E-state index is -0.502. The minimum Gasteiger partial charge on any atom is -0.515 e. The van der Waals surface area contributed by atoms with Crippen LogP contribution in [-0.2, 0) is 16.0 Å². The number of fused-ring (bicyclic) bond motifs is 5. The Kier molecular flexibility index (Phi) is 5.55. The van der Waals surface area contributed by atoms with E-state index in [0.717, 1.165) is 36.8 Å². The van der Waals surface area contributed by atoms with Crippen molar-refractivity contribution in [2.45, 2.75) is 58.3 Å². The van der Waals surface area contributed by atoms with Gasteiger partial charge in [0, 0.05) is 28.5 Å². The van der Waals surface area contributed by atoms with E-state index in [0.29, 0.717) is 34.7 Å². The molecule has 1 aromatic carbocycles. The zero-order chi connectivity index (χ0) is 23.3. The smallest absolute Gasteiger partial charge is 0.226 e. The summed E-state index contributed by atoms with van der Waals surface area (Å²) in [5, 5.41) is 23.4. The predicted octanol–water partition coefficient (Wildman–Crippen LogP) is 5.28. The standard InChI is InChI=1S/C26H30N2O4S/c1-14-12-27-25(33-14)28-22(31)8-7-20-21(13-29)24(32)26(2)10-9-18-17-6-4-16(30)11-15(17)3-5-19(18)23(20)26/h4,6,11-13,18-20,23,29-30H,3,5,7-10H2,1-2H3,(H,27,28,31)/b21-13+/t18?,19?,20-,23?,26+/m1/s1. The van der Waals surface area contributed by atoms with E-state index in [4.69, 9.17) is 0 Å². The average Bonchev–Trinajstić information content (AvgIpc) is 3.29. The molecule has 0 radical (unpaired) electrons. The molecule has 2 saturated carbocycles. The summed E-state index contributed by atoms with van der Waals surface area (Å²) >= 11 is 1.44. The Morgan fingerprint density at radius 2 is 2.18 bits per heavy atom. The highest BCUT2D eigenvalue weighted by atomic mass is 32.1. The Hall–Kier alpha value is -2.67. The summed E-state index contributed by atoms with van der Waals surface area (Å²) in [4.78, 5) is 31.3. The van der Waals surface area contributed by atoms with E-state index in [1.54, 1.807) is 12.3 Å². The molecule has 1 heterocycles. The van der Waals surface area contributed by atoms with Gasteiger partial charge in [0.2, 0.25) is 5.91 Å². The number of nitrogens with one attached hydrogen (secondary N) is 1. The lowest BCUT2D eigenvalue weighted by Crippen LogP contribution is -2.44.